The lowest BCUT2D eigenvalue weighted by molar-refractivity contribution is 0.134. The summed E-state index contributed by atoms with van der Waals surface area (Å²) in [6.45, 7) is 13.9. The van der Waals surface area contributed by atoms with E-state index in [-0.39, 0.29) is 11.0 Å². The molecule has 2 N–H and O–H groups in total. The van der Waals surface area contributed by atoms with Crippen LogP contribution in [0, 0.1) is 11.3 Å². The van der Waals surface area contributed by atoms with Crippen molar-refractivity contribution in [2.45, 2.75) is 78.2 Å². The van der Waals surface area contributed by atoms with Crippen LogP contribution in [-0.2, 0) is 11.0 Å². The van der Waals surface area contributed by atoms with Gasteiger partial charge < -0.3 is 5.73 Å². The van der Waals surface area contributed by atoms with E-state index in [2.05, 4.69) is 65.8 Å². The molecule has 1 aromatic rings. The van der Waals surface area contributed by atoms with Gasteiger partial charge >= 0.3 is 0 Å². The summed E-state index contributed by atoms with van der Waals surface area (Å²) in [5.41, 5.74) is 9.97. The van der Waals surface area contributed by atoms with E-state index in [1.54, 1.807) is 0 Å². The van der Waals surface area contributed by atoms with E-state index < -0.39 is 0 Å². The summed E-state index contributed by atoms with van der Waals surface area (Å²) in [6, 6.07) is 9.05. The van der Waals surface area contributed by atoms with Crippen LogP contribution in [0.2, 0.25) is 0 Å². The Labute approximate surface area is 131 Å². The van der Waals surface area contributed by atoms with E-state index in [4.69, 9.17) is 5.73 Å². The number of nitrogens with two attached hydrogens (primary N) is 1. The van der Waals surface area contributed by atoms with Crippen molar-refractivity contribution in [3.63, 3.8) is 0 Å². The summed E-state index contributed by atoms with van der Waals surface area (Å²) in [6.07, 6.45) is 4.73. The van der Waals surface area contributed by atoms with Crippen molar-refractivity contribution in [1.82, 2.24) is 0 Å². The van der Waals surface area contributed by atoms with E-state index in [0.717, 1.165) is 18.8 Å². The van der Waals surface area contributed by atoms with E-state index in [1.807, 2.05) is 0 Å². The summed E-state index contributed by atoms with van der Waals surface area (Å²) in [7, 11) is 0. The third-order valence-electron chi connectivity index (χ3n) is 5.43. The summed E-state index contributed by atoms with van der Waals surface area (Å²) in [4.78, 5) is 0. The maximum Gasteiger partial charge on any atom is 0.0409 e. The zero-order valence-electron chi connectivity index (χ0n) is 14.8. The van der Waals surface area contributed by atoms with Crippen molar-refractivity contribution in [2.75, 3.05) is 0 Å². The third-order valence-corrected chi connectivity index (χ3v) is 5.43. The Kier molecular flexibility index (Phi) is 4.28. The van der Waals surface area contributed by atoms with Gasteiger partial charge in [0.25, 0.3) is 0 Å². The normalized spacial score (nSPS) is 27.7. The molecule has 1 fully saturated rings. The van der Waals surface area contributed by atoms with Gasteiger partial charge in [0.05, 0.1) is 0 Å². The molecule has 1 nitrogen and oxygen atoms in total. The Bertz CT molecular complexity index is 462. The number of hydrogen-bond donors (Lipinski definition) is 1. The molecule has 1 saturated carbocycles. The van der Waals surface area contributed by atoms with Gasteiger partial charge in [0.1, 0.15) is 0 Å². The second kappa shape index (κ2) is 5.43. The second-order valence-electron chi connectivity index (χ2n) is 9.12. The van der Waals surface area contributed by atoms with E-state index in [0.29, 0.717) is 5.41 Å². The zero-order chi connectivity index (χ0) is 15.9. The molecule has 1 aliphatic rings. The molecule has 2 rings (SSSR count). The first-order valence-corrected chi connectivity index (χ1v) is 8.42. The van der Waals surface area contributed by atoms with Gasteiger partial charge in [0, 0.05) is 5.54 Å². The lowest BCUT2D eigenvalue weighted by Crippen LogP contribution is -2.42. The first-order valence-electron chi connectivity index (χ1n) is 8.42. The van der Waals surface area contributed by atoms with Crippen molar-refractivity contribution in [1.29, 1.82) is 0 Å². The van der Waals surface area contributed by atoms with Gasteiger partial charge in [-0.05, 0) is 53.6 Å². The van der Waals surface area contributed by atoms with Crippen LogP contribution in [-0.4, -0.2) is 0 Å². The van der Waals surface area contributed by atoms with Gasteiger partial charge in [0.2, 0.25) is 0 Å². The van der Waals surface area contributed by atoms with E-state index in [9.17, 15) is 0 Å². The number of benzene rings is 1. The molecular weight excluding hydrogens is 254 g/mol. The number of hydrogen-bond acceptors (Lipinski definition) is 1. The largest absolute Gasteiger partial charge is 0.321 e. The highest BCUT2D eigenvalue weighted by Crippen LogP contribution is 2.44. The van der Waals surface area contributed by atoms with Crippen LogP contribution in [0.3, 0.4) is 0 Å². The molecule has 0 amide bonds. The van der Waals surface area contributed by atoms with Gasteiger partial charge in [-0.3, -0.25) is 0 Å². The van der Waals surface area contributed by atoms with Crippen molar-refractivity contribution in [3.8, 4) is 0 Å². The van der Waals surface area contributed by atoms with Crippen LogP contribution in [0.15, 0.2) is 24.3 Å². The molecule has 0 aromatic heterocycles. The highest BCUT2D eigenvalue weighted by molar-refractivity contribution is 5.32. The average Bonchev–Trinajstić information content (AvgIpc) is 2.37. The molecule has 0 saturated heterocycles. The molecule has 1 aliphatic carbocycles. The van der Waals surface area contributed by atoms with Gasteiger partial charge in [-0.2, -0.15) is 0 Å². The first kappa shape index (κ1) is 16.5. The Morgan fingerprint density at radius 2 is 1.38 bits per heavy atom. The summed E-state index contributed by atoms with van der Waals surface area (Å²) < 4.78 is 0. The maximum atomic E-state index is 6.75. The molecule has 0 radical (unpaired) electrons. The zero-order valence-corrected chi connectivity index (χ0v) is 14.8. The number of rotatable bonds is 1. The van der Waals surface area contributed by atoms with Gasteiger partial charge in [-0.15, -0.1) is 0 Å². The predicted molar refractivity (Wildman–Crippen MR) is 92.4 cm³/mol. The average molecular weight is 287 g/mol. The van der Waals surface area contributed by atoms with Crippen LogP contribution in [0.1, 0.15) is 78.4 Å². The molecule has 0 bridgehead atoms. The van der Waals surface area contributed by atoms with E-state index >= 15 is 0 Å². The Morgan fingerprint density at radius 1 is 0.905 bits per heavy atom. The summed E-state index contributed by atoms with van der Waals surface area (Å²) >= 11 is 0. The molecule has 0 atom stereocenters. The molecular formula is C20H33N. The van der Waals surface area contributed by atoms with Crippen LogP contribution in [0.25, 0.3) is 0 Å². The standard InChI is InChI=1S/C20H33N/c1-18(2,3)15-7-9-17(10-8-15)20(21)13-11-16(12-14-20)19(4,5)6/h7-10,16H,11-14,21H2,1-6H3. The Morgan fingerprint density at radius 3 is 1.76 bits per heavy atom. The molecule has 118 valence electrons. The first-order chi connectivity index (χ1) is 9.52. The molecule has 0 aliphatic heterocycles. The smallest absolute Gasteiger partial charge is 0.0409 e. The van der Waals surface area contributed by atoms with Gasteiger partial charge in [-0.1, -0.05) is 65.8 Å². The van der Waals surface area contributed by atoms with Crippen molar-refractivity contribution in [2.24, 2.45) is 17.1 Å². The van der Waals surface area contributed by atoms with Crippen LogP contribution in [0.4, 0.5) is 0 Å². The molecule has 0 heterocycles. The van der Waals surface area contributed by atoms with Crippen molar-refractivity contribution >= 4 is 0 Å². The second-order valence-corrected chi connectivity index (χ2v) is 9.12. The third kappa shape index (κ3) is 3.69. The quantitative estimate of drug-likeness (QED) is 0.738. The molecule has 0 unspecified atom stereocenters. The summed E-state index contributed by atoms with van der Waals surface area (Å²) in [5, 5.41) is 0. The van der Waals surface area contributed by atoms with Gasteiger partial charge in [0.15, 0.2) is 0 Å². The fourth-order valence-electron chi connectivity index (χ4n) is 3.59. The summed E-state index contributed by atoms with van der Waals surface area (Å²) in [5.74, 6) is 0.808. The fourth-order valence-corrected chi connectivity index (χ4v) is 3.59. The molecule has 1 aromatic carbocycles. The minimum Gasteiger partial charge on any atom is -0.321 e. The van der Waals surface area contributed by atoms with Crippen LogP contribution in [0.5, 0.6) is 0 Å². The minimum absolute atomic E-state index is 0.113. The fraction of sp³-hybridized carbons (Fsp3) is 0.700. The highest BCUT2D eigenvalue weighted by atomic mass is 14.7. The molecule has 1 heteroatoms. The molecule has 0 spiro atoms. The monoisotopic (exact) mass is 287 g/mol. The Hall–Kier alpha value is -0.820. The van der Waals surface area contributed by atoms with Crippen LogP contribution < -0.4 is 5.73 Å². The minimum atomic E-state index is -0.113. The lowest BCUT2D eigenvalue weighted by atomic mass is 9.66. The SMILES string of the molecule is CC(C)(C)c1ccc(C2(N)CCC(C(C)(C)C)CC2)cc1. The topological polar surface area (TPSA) is 26.0 Å². The maximum absolute atomic E-state index is 6.75. The van der Waals surface area contributed by atoms with Gasteiger partial charge in [-0.25, -0.2) is 0 Å². The Balaban J connectivity index is 2.12. The van der Waals surface area contributed by atoms with Crippen molar-refractivity contribution in [3.05, 3.63) is 35.4 Å². The molecule has 21 heavy (non-hydrogen) atoms. The lowest BCUT2D eigenvalue weighted by Gasteiger charge is -2.42. The van der Waals surface area contributed by atoms with Crippen molar-refractivity contribution < 1.29 is 0 Å². The predicted octanol–water partition coefficient (Wildman–Crippen LogP) is 5.37. The van der Waals surface area contributed by atoms with Crippen LogP contribution >= 0.6 is 0 Å². The van der Waals surface area contributed by atoms with E-state index in [1.165, 1.54) is 24.0 Å². The highest BCUT2D eigenvalue weighted by Gasteiger charge is 2.37.